The molecule has 126 valence electrons. The second-order valence-electron chi connectivity index (χ2n) is 6.46. The summed E-state index contributed by atoms with van der Waals surface area (Å²) in [4.78, 5) is 0. The van der Waals surface area contributed by atoms with E-state index in [1.54, 1.807) is 0 Å². The van der Waals surface area contributed by atoms with E-state index < -0.39 is 0 Å². The number of benzene rings is 4. The standard InChI is InChI=1S/C25H21N/c1-19-12-13-23(21-10-6-3-7-11-21)18-25(19)26-24-16-14-22(15-17-24)20-8-4-2-5-9-20/h2-18,26H,1H3. The molecule has 4 aromatic rings. The Balaban J connectivity index is 1.59. The van der Waals surface area contributed by atoms with Gasteiger partial charge in [-0.15, -0.1) is 0 Å². The molecule has 0 saturated heterocycles. The van der Waals surface area contributed by atoms with Gasteiger partial charge in [0.05, 0.1) is 0 Å². The van der Waals surface area contributed by atoms with Gasteiger partial charge in [-0.25, -0.2) is 0 Å². The Morgan fingerprint density at radius 3 is 1.62 bits per heavy atom. The number of anilines is 2. The van der Waals surface area contributed by atoms with Crippen LogP contribution in [-0.4, -0.2) is 0 Å². The second-order valence-corrected chi connectivity index (χ2v) is 6.46. The molecule has 1 heteroatoms. The van der Waals surface area contributed by atoms with Crippen molar-refractivity contribution in [1.29, 1.82) is 0 Å². The lowest BCUT2D eigenvalue weighted by Gasteiger charge is -2.13. The summed E-state index contributed by atoms with van der Waals surface area (Å²) < 4.78 is 0. The zero-order valence-electron chi connectivity index (χ0n) is 14.8. The Morgan fingerprint density at radius 1 is 0.500 bits per heavy atom. The third-order valence-electron chi connectivity index (χ3n) is 4.62. The van der Waals surface area contributed by atoms with Crippen LogP contribution in [0.1, 0.15) is 5.56 Å². The topological polar surface area (TPSA) is 12.0 Å². The molecule has 0 heterocycles. The first-order valence-corrected chi connectivity index (χ1v) is 8.88. The molecule has 0 amide bonds. The molecule has 0 aliphatic carbocycles. The highest BCUT2D eigenvalue weighted by Crippen LogP contribution is 2.28. The maximum Gasteiger partial charge on any atom is 0.0420 e. The average Bonchev–Trinajstić information content (AvgIpc) is 2.71. The summed E-state index contributed by atoms with van der Waals surface area (Å²) in [5, 5.41) is 3.56. The van der Waals surface area contributed by atoms with Crippen molar-refractivity contribution in [3.8, 4) is 22.3 Å². The van der Waals surface area contributed by atoms with Gasteiger partial charge in [-0.1, -0.05) is 84.9 Å². The van der Waals surface area contributed by atoms with Gasteiger partial charge >= 0.3 is 0 Å². The van der Waals surface area contributed by atoms with Gasteiger partial charge in [-0.3, -0.25) is 0 Å². The van der Waals surface area contributed by atoms with E-state index in [-0.39, 0.29) is 0 Å². The van der Waals surface area contributed by atoms with Gasteiger partial charge in [-0.2, -0.15) is 0 Å². The fourth-order valence-corrected chi connectivity index (χ4v) is 3.10. The molecule has 0 spiro atoms. The van der Waals surface area contributed by atoms with Gasteiger partial charge in [0.15, 0.2) is 0 Å². The van der Waals surface area contributed by atoms with Crippen molar-refractivity contribution in [2.75, 3.05) is 5.32 Å². The van der Waals surface area contributed by atoms with Crippen LogP contribution in [0.4, 0.5) is 11.4 Å². The van der Waals surface area contributed by atoms with Crippen molar-refractivity contribution in [2.45, 2.75) is 6.92 Å². The summed E-state index contributed by atoms with van der Waals surface area (Å²) in [7, 11) is 0. The molecule has 0 bridgehead atoms. The molecular weight excluding hydrogens is 314 g/mol. The highest BCUT2D eigenvalue weighted by atomic mass is 14.9. The van der Waals surface area contributed by atoms with E-state index in [0.29, 0.717) is 0 Å². The lowest BCUT2D eigenvalue weighted by atomic mass is 10.0. The number of hydrogen-bond acceptors (Lipinski definition) is 1. The van der Waals surface area contributed by atoms with Crippen LogP contribution in [-0.2, 0) is 0 Å². The van der Waals surface area contributed by atoms with Gasteiger partial charge in [0.2, 0.25) is 0 Å². The molecule has 0 radical (unpaired) electrons. The lowest BCUT2D eigenvalue weighted by molar-refractivity contribution is 1.43. The molecule has 0 unspecified atom stereocenters. The molecule has 4 rings (SSSR count). The second kappa shape index (κ2) is 7.28. The van der Waals surface area contributed by atoms with Crippen molar-refractivity contribution >= 4 is 11.4 Å². The van der Waals surface area contributed by atoms with Crippen molar-refractivity contribution in [3.05, 3.63) is 109 Å². The third kappa shape index (κ3) is 3.52. The zero-order chi connectivity index (χ0) is 17.8. The summed E-state index contributed by atoms with van der Waals surface area (Å²) in [6.45, 7) is 2.13. The van der Waals surface area contributed by atoms with Crippen LogP contribution < -0.4 is 5.32 Å². The Kier molecular flexibility index (Phi) is 4.53. The monoisotopic (exact) mass is 335 g/mol. The van der Waals surface area contributed by atoms with Crippen molar-refractivity contribution in [1.82, 2.24) is 0 Å². The molecule has 4 aromatic carbocycles. The largest absolute Gasteiger partial charge is 0.355 e. The van der Waals surface area contributed by atoms with Gasteiger partial charge in [0.1, 0.15) is 0 Å². The molecular formula is C25H21N. The summed E-state index contributed by atoms with van der Waals surface area (Å²) in [5.74, 6) is 0. The highest BCUT2D eigenvalue weighted by molar-refractivity contribution is 5.74. The fourth-order valence-electron chi connectivity index (χ4n) is 3.10. The van der Waals surface area contributed by atoms with Gasteiger partial charge in [0.25, 0.3) is 0 Å². The van der Waals surface area contributed by atoms with E-state index in [1.807, 2.05) is 12.1 Å². The first-order valence-electron chi connectivity index (χ1n) is 8.88. The van der Waals surface area contributed by atoms with Crippen LogP contribution in [0.15, 0.2) is 103 Å². The molecule has 26 heavy (non-hydrogen) atoms. The predicted octanol–water partition coefficient (Wildman–Crippen LogP) is 7.07. The van der Waals surface area contributed by atoms with Crippen LogP contribution in [0.2, 0.25) is 0 Å². The minimum Gasteiger partial charge on any atom is -0.355 e. The molecule has 0 aromatic heterocycles. The van der Waals surface area contributed by atoms with Crippen LogP contribution in [0.3, 0.4) is 0 Å². The smallest absolute Gasteiger partial charge is 0.0420 e. The first kappa shape index (κ1) is 16.2. The Labute approximate surface area is 155 Å². The van der Waals surface area contributed by atoms with Crippen LogP contribution >= 0.6 is 0 Å². The maximum atomic E-state index is 3.56. The summed E-state index contributed by atoms with van der Waals surface area (Å²) >= 11 is 0. The normalized spacial score (nSPS) is 10.5. The lowest BCUT2D eigenvalue weighted by Crippen LogP contribution is -1.94. The minimum atomic E-state index is 1.10. The van der Waals surface area contributed by atoms with Crippen LogP contribution in [0.5, 0.6) is 0 Å². The number of nitrogens with one attached hydrogen (secondary N) is 1. The summed E-state index contributed by atoms with van der Waals surface area (Å²) in [6, 6.07) is 36.1. The van der Waals surface area contributed by atoms with E-state index >= 15 is 0 Å². The van der Waals surface area contributed by atoms with Crippen LogP contribution in [0.25, 0.3) is 22.3 Å². The SMILES string of the molecule is Cc1ccc(-c2ccccc2)cc1Nc1ccc(-c2ccccc2)cc1. The molecule has 0 saturated carbocycles. The number of hydrogen-bond donors (Lipinski definition) is 1. The van der Waals surface area contributed by atoms with E-state index in [2.05, 4.69) is 103 Å². The van der Waals surface area contributed by atoms with E-state index in [4.69, 9.17) is 0 Å². The van der Waals surface area contributed by atoms with Crippen molar-refractivity contribution in [3.63, 3.8) is 0 Å². The summed E-state index contributed by atoms with van der Waals surface area (Å²) in [5.41, 5.74) is 8.38. The Bertz CT molecular complexity index is 987. The van der Waals surface area contributed by atoms with E-state index in [9.17, 15) is 0 Å². The number of rotatable bonds is 4. The predicted molar refractivity (Wildman–Crippen MR) is 112 cm³/mol. The third-order valence-corrected chi connectivity index (χ3v) is 4.62. The molecule has 0 atom stereocenters. The quantitative estimate of drug-likeness (QED) is 0.420. The van der Waals surface area contributed by atoms with E-state index in [0.717, 1.165) is 11.4 Å². The fraction of sp³-hybridized carbons (Fsp3) is 0.0400. The van der Waals surface area contributed by atoms with Crippen molar-refractivity contribution in [2.24, 2.45) is 0 Å². The Morgan fingerprint density at radius 2 is 1.00 bits per heavy atom. The highest BCUT2D eigenvalue weighted by Gasteiger charge is 2.04. The molecule has 0 fully saturated rings. The van der Waals surface area contributed by atoms with Crippen LogP contribution in [0, 0.1) is 6.92 Å². The number of aryl methyl sites for hydroxylation is 1. The van der Waals surface area contributed by atoms with Gasteiger partial charge < -0.3 is 5.32 Å². The molecule has 0 aliphatic heterocycles. The minimum absolute atomic E-state index is 1.10. The van der Waals surface area contributed by atoms with E-state index in [1.165, 1.54) is 27.8 Å². The molecule has 1 nitrogen and oxygen atoms in total. The zero-order valence-corrected chi connectivity index (χ0v) is 14.8. The van der Waals surface area contributed by atoms with Gasteiger partial charge in [-0.05, 0) is 52.9 Å². The Hall–Kier alpha value is -3.32. The first-order chi connectivity index (χ1) is 12.8. The molecule has 1 N–H and O–H groups in total. The maximum absolute atomic E-state index is 3.56. The molecule has 0 aliphatic rings. The summed E-state index contributed by atoms with van der Waals surface area (Å²) in [6.07, 6.45) is 0. The van der Waals surface area contributed by atoms with Gasteiger partial charge in [0, 0.05) is 11.4 Å². The average molecular weight is 335 g/mol. The van der Waals surface area contributed by atoms with Crippen molar-refractivity contribution < 1.29 is 0 Å².